The first-order valence-electron chi connectivity index (χ1n) is 6.25. The van der Waals surface area contributed by atoms with Gasteiger partial charge in [0.15, 0.2) is 5.15 Å². The highest BCUT2D eigenvalue weighted by Crippen LogP contribution is 2.30. The molecule has 1 unspecified atom stereocenters. The Morgan fingerprint density at radius 2 is 2.16 bits per heavy atom. The molecule has 2 rings (SSSR count). The van der Waals surface area contributed by atoms with E-state index in [1.807, 2.05) is 25.1 Å². The number of benzene rings is 1. The fourth-order valence-electron chi connectivity index (χ4n) is 2.02. The molecule has 0 spiro atoms. The third-order valence-electron chi connectivity index (χ3n) is 3.09. The van der Waals surface area contributed by atoms with E-state index in [2.05, 4.69) is 45.3 Å². The van der Waals surface area contributed by atoms with Crippen LogP contribution in [-0.4, -0.2) is 4.98 Å². The van der Waals surface area contributed by atoms with Crippen LogP contribution < -0.4 is 5.32 Å². The molecule has 0 aliphatic heterocycles. The molecule has 0 fully saturated rings. The zero-order valence-corrected chi connectivity index (χ0v) is 13.3. The molecule has 0 saturated carbocycles. The van der Waals surface area contributed by atoms with Gasteiger partial charge in [-0.2, -0.15) is 0 Å². The highest BCUT2D eigenvalue weighted by Gasteiger charge is 2.13. The van der Waals surface area contributed by atoms with E-state index in [-0.39, 0.29) is 6.04 Å². The number of nitrogens with zero attached hydrogens (tertiary/aromatic N) is 1. The van der Waals surface area contributed by atoms with Gasteiger partial charge in [0.1, 0.15) is 0 Å². The Kier molecular flexibility index (Phi) is 4.83. The summed E-state index contributed by atoms with van der Waals surface area (Å²) >= 11 is 9.67. The van der Waals surface area contributed by atoms with Crippen LogP contribution in [0.15, 0.2) is 41.0 Å². The summed E-state index contributed by atoms with van der Waals surface area (Å²) in [6.07, 6.45) is 2.70. The van der Waals surface area contributed by atoms with Gasteiger partial charge in [-0.3, -0.25) is 0 Å². The Morgan fingerprint density at radius 1 is 1.37 bits per heavy atom. The van der Waals surface area contributed by atoms with Crippen molar-refractivity contribution < 1.29 is 0 Å². The number of anilines is 1. The summed E-state index contributed by atoms with van der Waals surface area (Å²) < 4.78 is 1.08. The minimum atomic E-state index is 0.220. The normalized spacial score (nSPS) is 12.2. The number of halogens is 2. The number of hydrogen-bond donors (Lipinski definition) is 1. The fraction of sp³-hybridized carbons (Fsp3) is 0.267. The van der Waals surface area contributed by atoms with Crippen LogP contribution in [0.1, 0.15) is 30.5 Å². The maximum atomic E-state index is 6.17. The largest absolute Gasteiger partial charge is 0.376 e. The van der Waals surface area contributed by atoms with Gasteiger partial charge in [0.2, 0.25) is 0 Å². The van der Waals surface area contributed by atoms with Crippen molar-refractivity contribution in [3.05, 3.63) is 57.3 Å². The molecule has 1 N–H and O–H groups in total. The molecule has 0 radical (unpaired) electrons. The van der Waals surface area contributed by atoms with Gasteiger partial charge >= 0.3 is 0 Å². The maximum absolute atomic E-state index is 6.17. The Labute approximate surface area is 127 Å². The molecule has 2 aromatic rings. The van der Waals surface area contributed by atoms with Gasteiger partial charge < -0.3 is 5.32 Å². The van der Waals surface area contributed by atoms with Crippen molar-refractivity contribution in [1.29, 1.82) is 0 Å². The van der Waals surface area contributed by atoms with Crippen LogP contribution in [-0.2, 0) is 0 Å². The molecule has 0 aliphatic carbocycles. The van der Waals surface area contributed by atoms with E-state index < -0.39 is 0 Å². The van der Waals surface area contributed by atoms with Crippen LogP contribution in [0.5, 0.6) is 0 Å². The summed E-state index contributed by atoms with van der Waals surface area (Å²) in [7, 11) is 0. The van der Waals surface area contributed by atoms with Crippen molar-refractivity contribution in [3.63, 3.8) is 0 Å². The third kappa shape index (κ3) is 3.48. The molecule has 0 aliphatic rings. The van der Waals surface area contributed by atoms with Crippen LogP contribution in [0.25, 0.3) is 0 Å². The van der Waals surface area contributed by atoms with E-state index in [0.29, 0.717) is 5.15 Å². The highest BCUT2D eigenvalue weighted by molar-refractivity contribution is 9.10. The monoisotopic (exact) mass is 338 g/mol. The maximum Gasteiger partial charge on any atom is 0.152 e. The lowest BCUT2D eigenvalue weighted by Crippen LogP contribution is -2.11. The van der Waals surface area contributed by atoms with E-state index in [4.69, 9.17) is 11.6 Å². The number of hydrogen-bond acceptors (Lipinski definition) is 2. The Bertz CT molecular complexity index is 552. The standard InChI is InChI=1S/C15H16BrClN2/c1-3-13(11-5-4-6-12(16)9-11)19-14-10(2)7-8-18-15(14)17/h4-9,13,19H,3H2,1-2H3. The first-order valence-corrected chi connectivity index (χ1v) is 7.42. The molecule has 0 bridgehead atoms. The van der Waals surface area contributed by atoms with Crippen molar-refractivity contribution in [1.82, 2.24) is 4.98 Å². The molecule has 19 heavy (non-hydrogen) atoms. The van der Waals surface area contributed by atoms with Gasteiger partial charge in [-0.15, -0.1) is 0 Å². The van der Waals surface area contributed by atoms with E-state index in [1.165, 1.54) is 5.56 Å². The van der Waals surface area contributed by atoms with Gasteiger partial charge in [-0.25, -0.2) is 4.98 Å². The zero-order chi connectivity index (χ0) is 13.8. The van der Waals surface area contributed by atoms with Crippen molar-refractivity contribution in [2.24, 2.45) is 0 Å². The lowest BCUT2D eigenvalue weighted by Gasteiger charge is -2.21. The second-order valence-electron chi connectivity index (χ2n) is 4.45. The molecule has 1 heterocycles. The summed E-state index contributed by atoms with van der Waals surface area (Å²) in [5, 5.41) is 4.02. The first-order chi connectivity index (χ1) is 9.11. The van der Waals surface area contributed by atoms with Crippen LogP contribution in [0.3, 0.4) is 0 Å². The van der Waals surface area contributed by atoms with Crippen LogP contribution >= 0.6 is 27.5 Å². The second-order valence-corrected chi connectivity index (χ2v) is 5.73. The van der Waals surface area contributed by atoms with E-state index in [0.717, 1.165) is 22.1 Å². The smallest absolute Gasteiger partial charge is 0.152 e. The van der Waals surface area contributed by atoms with E-state index in [9.17, 15) is 0 Å². The molecular weight excluding hydrogens is 324 g/mol. The van der Waals surface area contributed by atoms with Gasteiger partial charge in [-0.1, -0.05) is 46.6 Å². The van der Waals surface area contributed by atoms with Crippen molar-refractivity contribution >= 4 is 33.2 Å². The average Bonchev–Trinajstić information content (AvgIpc) is 2.38. The summed E-state index contributed by atoms with van der Waals surface area (Å²) in [5.74, 6) is 0. The van der Waals surface area contributed by atoms with Gasteiger partial charge in [0.25, 0.3) is 0 Å². The van der Waals surface area contributed by atoms with Crippen molar-refractivity contribution in [2.75, 3.05) is 5.32 Å². The summed E-state index contributed by atoms with van der Waals surface area (Å²) in [6.45, 7) is 4.18. The Balaban J connectivity index is 2.29. The number of aryl methyl sites for hydroxylation is 1. The predicted molar refractivity (Wildman–Crippen MR) is 84.8 cm³/mol. The number of aromatic nitrogens is 1. The minimum Gasteiger partial charge on any atom is -0.376 e. The summed E-state index contributed by atoms with van der Waals surface area (Å²) in [4.78, 5) is 4.13. The lowest BCUT2D eigenvalue weighted by atomic mass is 10.0. The number of rotatable bonds is 4. The molecule has 100 valence electrons. The topological polar surface area (TPSA) is 24.9 Å². The quantitative estimate of drug-likeness (QED) is 0.758. The summed E-state index contributed by atoms with van der Waals surface area (Å²) in [6, 6.07) is 10.5. The predicted octanol–water partition coefficient (Wildman–Crippen LogP) is 5.37. The average molecular weight is 340 g/mol. The molecular formula is C15H16BrClN2. The van der Waals surface area contributed by atoms with Gasteiger partial charge in [-0.05, 0) is 42.7 Å². The van der Waals surface area contributed by atoms with Crippen molar-refractivity contribution in [2.45, 2.75) is 26.3 Å². The van der Waals surface area contributed by atoms with E-state index >= 15 is 0 Å². The van der Waals surface area contributed by atoms with Crippen molar-refractivity contribution in [3.8, 4) is 0 Å². The first kappa shape index (κ1) is 14.4. The summed E-state index contributed by atoms with van der Waals surface area (Å²) in [5.41, 5.74) is 3.25. The fourth-order valence-corrected chi connectivity index (χ4v) is 2.69. The number of pyridine rings is 1. The zero-order valence-electron chi connectivity index (χ0n) is 11.0. The molecule has 2 nitrogen and oxygen atoms in total. The van der Waals surface area contributed by atoms with Crippen LogP contribution in [0.2, 0.25) is 5.15 Å². The highest BCUT2D eigenvalue weighted by atomic mass is 79.9. The SMILES string of the molecule is CCC(Nc1c(C)ccnc1Cl)c1cccc(Br)c1. The molecule has 0 saturated heterocycles. The van der Waals surface area contributed by atoms with Gasteiger partial charge in [0.05, 0.1) is 11.7 Å². The Hall–Kier alpha value is -1.06. The molecule has 1 aromatic carbocycles. The minimum absolute atomic E-state index is 0.220. The molecule has 1 atom stereocenters. The third-order valence-corrected chi connectivity index (χ3v) is 3.87. The number of nitrogens with one attached hydrogen (secondary N) is 1. The Morgan fingerprint density at radius 3 is 2.79 bits per heavy atom. The van der Waals surface area contributed by atoms with Gasteiger partial charge in [0, 0.05) is 10.7 Å². The van der Waals surface area contributed by atoms with Crippen LogP contribution in [0, 0.1) is 6.92 Å². The molecule has 1 aromatic heterocycles. The van der Waals surface area contributed by atoms with Crippen LogP contribution in [0.4, 0.5) is 5.69 Å². The molecule has 0 amide bonds. The second kappa shape index (κ2) is 6.40. The van der Waals surface area contributed by atoms with E-state index in [1.54, 1.807) is 6.20 Å². The molecule has 4 heteroatoms. The lowest BCUT2D eigenvalue weighted by molar-refractivity contribution is 0.747.